The summed E-state index contributed by atoms with van der Waals surface area (Å²) >= 11 is 0. The quantitative estimate of drug-likeness (QED) is 0.340. The highest BCUT2D eigenvalue weighted by atomic mass is 16.5. The molecule has 3 heterocycles. The Labute approximate surface area is 253 Å². The topological polar surface area (TPSA) is 140 Å². The van der Waals surface area contributed by atoms with Gasteiger partial charge in [0.05, 0.1) is 42.1 Å². The standard InChI is InChI=1S/C32H44N6O5/c1-20(33)10-12-34-30(41)32(4,5)27-15-21(19-37(27)6)36-29(40)31(2,3)11-14-43-26-17-24-23(16-25(26)42-7)28(39)38-13-8-9-22(38)18-35-24/h15-19,22H,1,8-14,33H2,2-7H3,(H,34,41)(H,36,40). The molecule has 2 aliphatic rings. The Bertz CT molecular complexity index is 1440. The third kappa shape index (κ3) is 6.87. The second-order valence-corrected chi connectivity index (χ2v) is 12.5. The molecular formula is C32H44N6O5. The zero-order valence-corrected chi connectivity index (χ0v) is 26.1. The predicted molar refractivity (Wildman–Crippen MR) is 167 cm³/mol. The molecule has 0 bridgehead atoms. The number of benzene rings is 1. The Kier molecular flexibility index (Phi) is 9.22. The van der Waals surface area contributed by atoms with Crippen molar-refractivity contribution < 1.29 is 23.9 Å². The van der Waals surface area contributed by atoms with Gasteiger partial charge in [-0.25, -0.2) is 0 Å². The van der Waals surface area contributed by atoms with Gasteiger partial charge >= 0.3 is 0 Å². The molecule has 1 saturated heterocycles. The molecule has 1 atom stereocenters. The van der Waals surface area contributed by atoms with Gasteiger partial charge in [-0.1, -0.05) is 20.4 Å². The Hall–Kier alpha value is -4.28. The highest BCUT2D eigenvalue weighted by Gasteiger charge is 2.35. The zero-order valence-electron chi connectivity index (χ0n) is 26.1. The summed E-state index contributed by atoms with van der Waals surface area (Å²) < 4.78 is 13.5. The van der Waals surface area contributed by atoms with E-state index < -0.39 is 10.8 Å². The van der Waals surface area contributed by atoms with E-state index in [4.69, 9.17) is 15.2 Å². The number of hydrogen-bond acceptors (Lipinski definition) is 7. The first-order valence-electron chi connectivity index (χ1n) is 14.6. The molecule has 2 aromatic rings. The number of aromatic nitrogens is 1. The molecule has 1 fully saturated rings. The lowest BCUT2D eigenvalue weighted by Crippen LogP contribution is -2.41. The first kappa shape index (κ1) is 31.7. The lowest BCUT2D eigenvalue weighted by Gasteiger charge is -2.25. The molecule has 43 heavy (non-hydrogen) atoms. The molecule has 2 aliphatic heterocycles. The largest absolute Gasteiger partial charge is 0.493 e. The van der Waals surface area contributed by atoms with Crippen LogP contribution in [0.15, 0.2) is 41.7 Å². The number of hydrogen-bond donors (Lipinski definition) is 3. The molecule has 11 heteroatoms. The fourth-order valence-electron chi connectivity index (χ4n) is 5.38. The molecular weight excluding hydrogens is 548 g/mol. The van der Waals surface area contributed by atoms with Crippen LogP contribution in [0.5, 0.6) is 11.5 Å². The second-order valence-electron chi connectivity index (χ2n) is 12.5. The van der Waals surface area contributed by atoms with Gasteiger partial charge in [-0.05, 0) is 45.2 Å². The SMILES string of the molecule is C=C(N)CCNC(=O)C(C)(C)c1cc(NC(=O)C(C)(C)CCOc2cc3c(cc2OC)C(=O)N2CCCC2C=N3)cn1C. The van der Waals surface area contributed by atoms with Crippen LogP contribution < -0.4 is 25.8 Å². The number of nitrogens with one attached hydrogen (secondary N) is 2. The normalized spacial score (nSPS) is 16.3. The molecule has 1 unspecified atom stereocenters. The van der Waals surface area contributed by atoms with Crippen LogP contribution in [0, 0.1) is 5.41 Å². The van der Waals surface area contributed by atoms with E-state index in [0.717, 1.165) is 25.1 Å². The van der Waals surface area contributed by atoms with Gasteiger partial charge in [0.25, 0.3) is 5.91 Å². The third-order valence-corrected chi connectivity index (χ3v) is 8.26. The third-order valence-electron chi connectivity index (χ3n) is 8.26. The highest BCUT2D eigenvalue weighted by Crippen LogP contribution is 2.38. The smallest absolute Gasteiger partial charge is 0.256 e. The van der Waals surface area contributed by atoms with Crippen LogP contribution in [0.2, 0.25) is 0 Å². The van der Waals surface area contributed by atoms with Crippen molar-refractivity contribution in [3.05, 3.63) is 47.9 Å². The van der Waals surface area contributed by atoms with Crippen molar-refractivity contribution in [1.82, 2.24) is 14.8 Å². The molecule has 1 aromatic heterocycles. The minimum absolute atomic E-state index is 0.0145. The van der Waals surface area contributed by atoms with Crippen molar-refractivity contribution in [2.24, 2.45) is 23.2 Å². The highest BCUT2D eigenvalue weighted by molar-refractivity contribution is 6.03. The van der Waals surface area contributed by atoms with Crippen LogP contribution in [-0.4, -0.2) is 66.3 Å². The number of aliphatic imine (C=N–C) groups is 1. The van der Waals surface area contributed by atoms with Gasteiger partial charge < -0.3 is 35.3 Å². The van der Waals surface area contributed by atoms with Crippen molar-refractivity contribution in [1.29, 1.82) is 0 Å². The van der Waals surface area contributed by atoms with E-state index in [-0.39, 0.29) is 30.4 Å². The minimum Gasteiger partial charge on any atom is -0.493 e. The molecule has 0 aliphatic carbocycles. The van der Waals surface area contributed by atoms with Crippen molar-refractivity contribution in [2.45, 2.75) is 64.8 Å². The lowest BCUT2D eigenvalue weighted by molar-refractivity contribution is -0.126. The molecule has 232 valence electrons. The Morgan fingerprint density at radius 1 is 1.16 bits per heavy atom. The number of rotatable bonds is 12. The van der Waals surface area contributed by atoms with Crippen molar-refractivity contribution in [3.8, 4) is 11.5 Å². The number of aryl methyl sites for hydroxylation is 1. The Balaban J connectivity index is 1.39. The van der Waals surface area contributed by atoms with Crippen LogP contribution in [0.3, 0.4) is 0 Å². The maximum absolute atomic E-state index is 13.3. The second kappa shape index (κ2) is 12.5. The summed E-state index contributed by atoms with van der Waals surface area (Å²) in [5.41, 5.74) is 6.91. The summed E-state index contributed by atoms with van der Waals surface area (Å²) in [7, 11) is 3.38. The molecule has 4 N–H and O–H groups in total. The molecule has 0 saturated carbocycles. The number of anilines is 1. The van der Waals surface area contributed by atoms with Crippen LogP contribution in [0.4, 0.5) is 11.4 Å². The molecule has 0 radical (unpaired) electrons. The van der Waals surface area contributed by atoms with Crippen LogP contribution >= 0.6 is 0 Å². The van der Waals surface area contributed by atoms with Gasteiger partial charge in [0.15, 0.2) is 11.5 Å². The van der Waals surface area contributed by atoms with Gasteiger partial charge in [-0.3, -0.25) is 19.4 Å². The number of fused-ring (bicyclic) bond motifs is 2. The average molecular weight is 593 g/mol. The minimum atomic E-state index is -0.839. The summed E-state index contributed by atoms with van der Waals surface area (Å²) in [6.07, 6.45) is 6.42. The van der Waals surface area contributed by atoms with Gasteiger partial charge in [0, 0.05) is 61.8 Å². The number of ether oxygens (including phenoxy) is 2. The molecule has 3 amide bonds. The summed E-state index contributed by atoms with van der Waals surface area (Å²) in [5, 5.41) is 5.90. The van der Waals surface area contributed by atoms with E-state index in [9.17, 15) is 14.4 Å². The molecule has 4 rings (SSSR count). The number of amides is 3. The van der Waals surface area contributed by atoms with Crippen LogP contribution in [0.1, 0.15) is 69.4 Å². The summed E-state index contributed by atoms with van der Waals surface area (Å²) in [4.78, 5) is 45.8. The van der Waals surface area contributed by atoms with E-state index >= 15 is 0 Å². The van der Waals surface area contributed by atoms with Crippen molar-refractivity contribution >= 4 is 35.3 Å². The summed E-state index contributed by atoms with van der Waals surface area (Å²) in [6, 6.07) is 5.25. The number of methoxy groups -OCH3 is 1. The number of nitrogens with two attached hydrogens (primary N) is 1. The predicted octanol–water partition coefficient (Wildman–Crippen LogP) is 4.04. The maximum Gasteiger partial charge on any atom is 0.256 e. The van der Waals surface area contributed by atoms with Gasteiger partial charge in [-0.2, -0.15) is 0 Å². The fraction of sp³-hybridized carbons (Fsp3) is 0.500. The Morgan fingerprint density at radius 3 is 2.60 bits per heavy atom. The van der Waals surface area contributed by atoms with Crippen LogP contribution in [0.25, 0.3) is 0 Å². The first-order valence-corrected chi connectivity index (χ1v) is 14.6. The van der Waals surface area contributed by atoms with E-state index in [2.05, 4.69) is 22.2 Å². The van der Waals surface area contributed by atoms with E-state index in [1.54, 1.807) is 18.3 Å². The fourth-order valence-corrected chi connectivity index (χ4v) is 5.38. The number of carbonyl (C=O) groups is 3. The zero-order chi connectivity index (χ0) is 31.5. The van der Waals surface area contributed by atoms with E-state index in [1.807, 2.05) is 56.5 Å². The monoisotopic (exact) mass is 592 g/mol. The van der Waals surface area contributed by atoms with Crippen molar-refractivity contribution in [3.63, 3.8) is 0 Å². The molecule has 11 nitrogen and oxygen atoms in total. The van der Waals surface area contributed by atoms with E-state index in [0.29, 0.717) is 53.5 Å². The van der Waals surface area contributed by atoms with Gasteiger partial charge in [-0.15, -0.1) is 0 Å². The summed E-state index contributed by atoms with van der Waals surface area (Å²) in [6.45, 7) is 12.4. The number of carbonyl (C=O) groups excluding carboxylic acids is 3. The molecule has 0 spiro atoms. The Morgan fingerprint density at radius 2 is 1.91 bits per heavy atom. The maximum atomic E-state index is 13.3. The summed E-state index contributed by atoms with van der Waals surface area (Å²) in [5.74, 6) is 0.534. The van der Waals surface area contributed by atoms with E-state index in [1.165, 1.54) is 7.11 Å². The molecule has 1 aromatic carbocycles. The van der Waals surface area contributed by atoms with Gasteiger partial charge in [0.2, 0.25) is 11.8 Å². The average Bonchev–Trinajstić information content (AvgIpc) is 3.54. The van der Waals surface area contributed by atoms with Crippen LogP contribution in [-0.2, 0) is 22.1 Å². The van der Waals surface area contributed by atoms with Crippen molar-refractivity contribution in [2.75, 3.05) is 32.1 Å². The first-order chi connectivity index (χ1) is 20.2. The number of nitrogens with zero attached hydrogens (tertiary/aromatic N) is 3. The van der Waals surface area contributed by atoms with Gasteiger partial charge in [0.1, 0.15) is 0 Å². The lowest BCUT2D eigenvalue weighted by atomic mass is 9.87.